The van der Waals surface area contributed by atoms with Crippen LogP contribution in [0.3, 0.4) is 0 Å². The van der Waals surface area contributed by atoms with Gasteiger partial charge in [0.25, 0.3) is 0 Å². The SMILES string of the molecule is CCOc1cccc(CNCC2(O)CCOCC2)c1OC(F)F. The number of hydrogen-bond donors (Lipinski definition) is 2. The number of ether oxygens (including phenoxy) is 3. The highest BCUT2D eigenvalue weighted by Crippen LogP contribution is 2.33. The Morgan fingerprint density at radius 2 is 2.09 bits per heavy atom. The first-order chi connectivity index (χ1) is 11.0. The van der Waals surface area contributed by atoms with Crippen LogP contribution >= 0.6 is 0 Å². The lowest BCUT2D eigenvalue weighted by Gasteiger charge is -2.32. The number of aliphatic hydroxyl groups is 1. The van der Waals surface area contributed by atoms with Gasteiger partial charge in [0.15, 0.2) is 11.5 Å². The Hall–Kier alpha value is -1.44. The minimum atomic E-state index is -2.92. The molecule has 1 heterocycles. The average molecular weight is 331 g/mol. The maximum atomic E-state index is 12.6. The molecule has 0 bridgehead atoms. The van der Waals surface area contributed by atoms with Crippen molar-refractivity contribution < 1.29 is 28.1 Å². The summed E-state index contributed by atoms with van der Waals surface area (Å²) in [6.07, 6.45) is 1.11. The van der Waals surface area contributed by atoms with E-state index in [9.17, 15) is 13.9 Å². The third-order valence-corrected chi connectivity index (χ3v) is 3.76. The lowest BCUT2D eigenvalue weighted by atomic mass is 9.94. The highest BCUT2D eigenvalue weighted by molar-refractivity contribution is 5.46. The van der Waals surface area contributed by atoms with E-state index in [1.807, 2.05) is 0 Å². The molecule has 5 nitrogen and oxygen atoms in total. The summed E-state index contributed by atoms with van der Waals surface area (Å²) < 4.78 is 40.5. The van der Waals surface area contributed by atoms with Crippen LogP contribution in [0.5, 0.6) is 11.5 Å². The Bertz CT molecular complexity index is 493. The summed E-state index contributed by atoms with van der Waals surface area (Å²) in [7, 11) is 0. The Morgan fingerprint density at radius 1 is 1.35 bits per heavy atom. The Labute approximate surface area is 134 Å². The molecule has 2 N–H and O–H groups in total. The first kappa shape index (κ1) is 17.9. The standard InChI is InChI=1S/C16H23F2NO4/c1-2-22-13-5-3-4-12(14(13)23-15(17)18)10-19-11-16(20)6-8-21-9-7-16/h3-5,15,19-20H,2,6-11H2,1H3. The molecule has 0 radical (unpaired) electrons. The van der Waals surface area contributed by atoms with E-state index in [-0.39, 0.29) is 11.5 Å². The first-order valence-corrected chi connectivity index (χ1v) is 7.74. The van der Waals surface area contributed by atoms with Crippen molar-refractivity contribution >= 4 is 0 Å². The van der Waals surface area contributed by atoms with Crippen molar-refractivity contribution in [3.8, 4) is 11.5 Å². The van der Waals surface area contributed by atoms with Gasteiger partial charge in [-0.2, -0.15) is 8.78 Å². The molecule has 7 heteroatoms. The van der Waals surface area contributed by atoms with Crippen LogP contribution in [0.4, 0.5) is 8.78 Å². The van der Waals surface area contributed by atoms with E-state index in [4.69, 9.17) is 9.47 Å². The van der Waals surface area contributed by atoms with Crippen LogP contribution in [0.25, 0.3) is 0 Å². The second-order valence-corrected chi connectivity index (χ2v) is 5.50. The van der Waals surface area contributed by atoms with Crippen LogP contribution in [0.1, 0.15) is 25.3 Å². The largest absolute Gasteiger partial charge is 0.490 e. The molecule has 1 aliphatic heterocycles. The van der Waals surface area contributed by atoms with Gasteiger partial charge in [-0.3, -0.25) is 0 Å². The van der Waals surface area contributed by atoms with Crippen molar-refractivity contribution in [3.05, 3.63) is 23.8 Å². The number of para-hydroxylation sites is 1. The van der Waals surface area contributed by atoms with Crippen LogP contribution in [0.2, 0.25) is 0 Å². The third-order valence-electron chi connectivity index (χ3n) is 3.76. The van der Waals surface area contributed by atoms with Gasteiger partial charge >= 0.3 is 6.61 Å². The van der Waals surface area contributed by atoms with Gasteiger partial charge in [0.2, 0.25) is 0 Å². The Balaban J connectivity index is 2.01. The fraction of sp³-hybridized carbons (Fsp3) is 0.625. The van der Waals surface area contributed by atoms with Crippen LogP contribution in [0.15, 0.2) is 18.2 Å². The molecule has 1 saturated heterocycles. The molecule has 0 unspecified atom stereocenters. The number of halogens is 2. The van der Waals surface area contributed by atoms with Crippen molar-refractivity contribution in [3.63, 3.8) is 0 Å². The summed E-state index contributed by atoms with van der Waals surface area (Å²) >= 11 is 0. The fourth-order valence-corrected chi connectivity index (χ4v) is 2.55. The third kappa shape index (κ3) is 5.30. The zero-order chi connectivity index (χ0) is 16.7. The van der Waals surface area contributed by atoms with Crippen LogP contribution in [0, 0.1) is 0 Å². The zero-order valence-electron chi connectivity index (χ0n) is 13.2. The zero-order valence-corrected chi connectivity index (χ0v) is 13.2. The summed E-state index contributed by atoms with van der Waals surface area (Å²) in [6.45, 7) is 0.925. The van der Waals surface area contributed by atoms with E-state index < -0.39 is 12.2 Å². The van der Waals surface area contributed by atoms with Crippen LogP contribution in [-0.4, -0.2) is 43.7 Å². The molecular formula is C16H23F2NO4. The van der Waals surface area contributed by atoms with Gasteiger partial charge in [0.05, 0.1) is 12.2 Å². The van der Waals surface area contributed by atoms with Crippen molar-refractivity contribution in [1.82, 2.24) is 5.32 Å². The molecule has 0 atom stereocenters. The summed E-state index contributed by atoms with van der Waals surface area (Å²) in [5, 5.41) is 13.5. The smallest absolute Gasteiger partial charge is 0.387 e. The van der Waals surface area contributed by atoms with E-state index in [2.05, 4.69) is 10.1 Å². The molecule has 0 saturated carbocycles. The lowest BCUT2D eigenvalue weighted by Crippen LogP contribution is -2.44. The molecule has 1 aliphatic rings. The van der Waals surface area contributed by atoms with Crippen molar-refractivity contribution in [2.45, 2.75) is 38.5 Å². The summed E-state index contributed by atoms with van der Waals surface area (Å²) in [4.78, 5) is 0. The van der Waals surface area contributed by atoms with Gasteiger partial charge < -0.3 is 24.6 Å². The molecule has 0 aliphatic carbocycles. The molecule has 0 amide bonds. The molecule has 2 rings (SSSR count). The predicted molar refractivity (Wildman–Crippen MR) is 81.0 cm³/mol. The van der Waals surface area contributed by atoms with E-state index >= 15 is 0 Å². The van der Waals surface area contributed by atoms with Gasteiger partial charge in [-0.1, -0.05) is 12.1 Å². The monoisotopic (exact) mass is 331 g/mol. The van der Waals surface area contributed by atoms with Gasteiger partial charge in [0.1, 0.15) is 0 Å². The number of benzene rings is 1. The number of hydrogen-bond acceptors (Lipinski definition) is 5. The second-order valence-electron chi connectivity index (χ2n) is 5.50. The summed E-state index contributed by atoms with van der Waals surface area (Å²) in [5.74, 6) is 0.327. The van der Waals surface area contributed by atoms with Gasteiger partial charge in [-0.05, 0) is 13.0 Å². The highest BCUT2D eigenvalue weighted by atomic mass is 19.3. The van der Waals surface area contributed by atoms with Crippen molar-refractivity contribution in [2.75, 3.05) is 26.4 Å². The van der Waals surface area contributed by atoms with Crippen molar-refractivity contribution in [2.24, 2.45) is 0 Å². The molecule has 0 spiro atoms. The number of nitrogens with one attached hydrogen (secondary N) is 1. The Kier molecular flexibility index (Phi) is 6.56. The van der Waals surface area contributed by atoms with Crippen molar-refractivity contribution in [1.29, 1.82) is 0 Å². The predicted octanol–water partition coefficient (Wildman–Crippen LogP) is 2.32. The van der Waals surface area contributed by atoms with Gasteiger partial charge in [-0.15, -0.1) is 0 Å². The lowest BCUT2D eigenvalue weighted by molar-refractivity contribution is -0.0622. The first-order valence-electron chi connectivity index (χ1n) is 7.74. The molecule has 1 aromatic rings. The molecular weight excluding hydrogens is 308 g/mol. The number of alkyl halides is 2. The Morgan fingerprint density at radius 3 is 2.74 bits per heavy atom. The van der Waals surface area contributed by atoms with E-state index in [0.29, 0.717) is 51.3 Å². The van der Waals surface area contributed by atoms with E-state index in [1.165, 1.54) is 0 Å². The maximum Gasteiger partial charge on any atom is 0.387 e. The summed E-state index contributed by atoms with van der Waals surface area (Å²) in [6, 6.07) is 5.02. The van der Waals surface area contributed by atoms with E-state index in [0.717, 1.165) is 0 Å². The quantitative estimate of drug-likeness (QED) is 0.765. The van der Waals surface area contributed by atoms with Gasteiger partial charge in [-0.25, -0.2) is 0 Å². The topological polar surface area (TPSA) is 60.0 Å². The van der Waals surface area contributed by atoms with E-state index in [1.54, 1.807) is 25.1 Å². The molecule has 1 aromatic carbocycles. The maximum absolute atomic E-state index is 12.6. The molecule has 0 aromatic heterocycles. The van der Waals surface area contributed by atoms with Crippen LogP contribution < -0.4 is 14.8 Å². The van der Waals surface area contributed by atoms with Gasteiger partial charge in [0, 0.05) is 44.7 Å². The van der Waals surface area contributed by atoms with Crippen LogP contribution in [-0.2, 0) is 11.3 Å². The minimum absolute atomic E-state index is 0.0378. The highest BCUT2D eigenvalue weighted by Gasteiger charge is 2.29. The summed E-state index contributed by atoms with van der Waals surface area (Å²) in [5.41, 5.74) is -0.258. The number of rotatable bonds is 8. The fourth-order valence-electron chi connectivity index (χ4n) is 2.55. The molecule has 1 fully saturated rings. The second kappa shape index (κ2) is 8.42. The normalized spacial score (nSPS) is 17.3. The molecule has 23 heavy (non-hydrogen) atoms. The average Bonchev–Trinajstić information content (AvgIpc) is 2.50. The minimum Gasteiger partial charge on any atom is -0.490 e. The molecule has 130 valence electrons.